The molecular formula is C11H8N2O3. The number of nitrogens with zero attached hydrogens (tertiary/aromatic N) is 1. The standard InChI is InChI=1S/C11H8N2O3/c12-7-5-13-16-11(7)9-4-6-2-1-3-8(14)10(6)15-9/h1-5,14H,12H2. The van der Waals surface area contributed by atoms with E-state index in [2.05, 4.69) is 5.16 Å². The summed E-state index contributed by atoms with van der Waals surface area (Å²) in [6, 6.07) is 6.86. The number of aromatic nitrogens is 1. The Morgan fingerprint density at radius 3 is 2.88 bits per heavy atom. The number of phenolic OH excluding ortho intramolecular Hbond substituents is 1. The highest BCUT2D eigenvalue weighted by Crippen LogP contribution is 2.34. The van der Waals surface area contributed by atoms with E-state index in [9.17, 15) is 5.11 Å². The Morgan fingerprint density at radius 1 is 1.31 bits per heavy atom. The fraction of sp³-hybridized carbons (Fsp3) is 0. The zero-order valence-corrected chi connectivity index (χ0v) is 8.18. The molecule has 0 amide bonds. The van der Waals surface area contributed by atoms with Gasteiger partial charge in [0.05, 0.1) is 6.20 Å². The van der Waals surface area contributed by atoms with Gasteiger partial charge in [-0.3, -0.25) is 0 Å². The van der Waals surface area contributed by atoms with Crippen LogP contribution in [0.5, 0.6) is 5.75 Å². The van der Waals surface area contributed by atoms with Crippen molar-refractivity contribution in [3.05, 3.63) is 30.5 Å². The van der Waals surface area contributed by atoms with Crippen LogP contribution in [0.2, 0.25) is 0 Å². The number of furan rings is 1. The number of aromatic hydroxyl groups is 1. The molecule has 0 atom stereocenters. The third-order valence-electron chi connectivity index (χ3n) is 2.35. The van der Waals surface area contributed by atoms with E-state index >= 15 is 0 Å². The quantitative estimate of drug-likeness (QED) is 0.652. The van der Waals surface area contributed by atoms with Crippen LogP contribution in [0, 0.1) is 0 Å². The lowest BCUT2D eigenvalue weighted by Gasteiger charge is -1.91. The summed E-state index contributed by atoms with van der Waals surface area (Å²) in [5, 5.41) is 13.9. The molecule has 0 saturated heterocycles. The highest BCUT2D eigenvalue weighted by atomic mass is 16.5. The van der Waals surface area contributed by atoms with Gasteiger partial charge >= 0.3 is 0 Å². The summed E-state index contributed by atoms with van der Waals surface area (Å²) in [6.07, 6.45) is 1.41. The van der Waals surface area contributed by atoms with Gasteiger partial charge in [-0.1, -0.05) is 17.3 Å². The molecule has 0 fully saturated rings. The second-order valence-corrected chi connectivity index (χ2v) is 3.42. The van der Waals surface area contributed by atoms with Crippen molar-refractivity contribution >= 4 is 16.7 Å². The van der Waals surface area contributed by atoms with Crippen LogP contribution in [0.15, 0.2) is 39.4 Å². The molecule has 3 rings (SSSR count). The first-order valence-corrected chi connectivity index (χ1v) is 4.68. The fourth-order valence-corrected chi connectivity index (χ4v) is 1.59. The molecule has 0 saturated carbocycles. The van der Waals surface area contributed by atoms with Crippen LogP contribution < -0.4 is 5.73 Å². The van der Waals surface area contributed by atoms with E-state index in [1.165, 1.54) is 6.20 Å². The van der Waals surface area contributed by atoms with Crippen molar-refractivity contribution in [2.24, 2.45) is 0 Å². The lowest BCUT2D eigenvalue weighted by Crippen LogP contribution is -1.82. The first kappa shape index (κ1) is 8.84. The molecule has 0 bridgehead atoms. The predicted molar refractivity (Wildman–Crippen MR) is 57.8 cm³/mol. The summed E-state index contributed by atoms with van der Waals surface area (Å²) >= 11 is 0. The number of benzene rings is 1. The van der Waals surface area contributed by atoms with Gasteiger partial charge in [0.2, 0.25) is 5.76 Å². The highest BCUT2D eigenvalue weighted by molar-refractivity contribution is 5.87. The third kappa shape index (κ3) is 1.15. The molecule has 3 aromatic rings. The number of phenols is 1. The van der Waals surface area contributed by atoms with Gasteiger partial charge in [0.25, 0.3) is 0 Å². The Bertz CT molecular complexity index is 654. The van der Waals surface area contributed by atoms with Crippen molar-refractivity contribution in [3.63, 3.8) is 0 Å². The SMILES string of the molecule is Nc1cnoc1-c1cc2cccc(O)c2o1. The van der Waals surface area contributed by atoms with Crippen molar-refractivity contribution in [2.45, 2.75) is 0 Å². The normalized spacial score (nSPS) is 11.0. The average molecular weight is 216 g/mol. The predicted octanol–water partition coefficient (Wildman–Crippen LogP) is 2.38. The topological polar surface area (TPSA) is 85.4 Å². The molecule has 0 radical (unpaired) electrons. The maximum Gasteiger partial charge on any atom is 0.224 e. The molecule has 0 aliphatic carbocycles. The number of hydrogen-bond acceptors (Lipinski definition) is 5. The van der Waals surface area contributed by atoms with E-state index in [4.69, 9.17) is 14.7 Å². The lowest BCUT2D eigenvalue weighted by molar-refractivity contribution is 0.419. The van der Waals surface area contributed by atoms with E-state index in [1.807, 2.05) is 6.07 Å². The van der Waals surface area contributed by atoms with Crippen LogP contribution in [0.4, 0.5) is 5.69 Å². The molecule has 16 heavy (non-hydrogen) atoms. The Hall–Kier alpha value is -2.43. The highest BCUT2D eigenvalue weighted by Gasteiger charge is 2.14. The maximum atomic E-state index is 9.58. The fourth-order valence-electron chi connectivity index (χ4n) is 1.59. The Balaban J connectivity index is 2.27. The van der Waals surface area contributed by atoms with Crippen LogP contribution in [-0.2, 0) is 0 Å². The summed E-state index contributed by atoms with van der Waals surface area (Å²) in [5.41, 5.74) is 6.47. The number of nitrogens with two attached hydrogens (primary N) is 1. The monoisotopic (exact) mass is 216 g/mol. The summed E-state index contributed by atoms with van der Waals surface area (Å²) in [7, 11) is 0. The van der Waals surface area contributed by atoms with Gasteiger partial charge in [-0.05, 0) is 12.1 Å². The van der Waals surface area contributed by atoms with E-state index in [0.29, 0.717) is 22.8 Å². The molecule has 2 aromatic heterocycles. The minimum absolute atomic E-state index is 0.0850. The van der Waals surface area contributed by atoms with Gasteiger partial charge in [0, 0.05) is 5.39 Å². The van der Waals surface area contributed by atoms with Crippen molar-refractivity contribution in [2.75, 3.05) is 5.73 Å². The summed E-state index contributed by atoms with van der Waals surface area (Å²) in [5.74, 6) is 0.906. The molecule has 80 valence electrons. The average Bonchev–Trinajstić information content (AvgIpc) is 2.84. The largest absolute Gasteiger partial charge is 0.504 e. The zero-order valence-electron chi connectivity index (χ0n) is 8.18. The van der Waals surface area contributed by atoms with Crippen molar-refractivity contribution < 1.29 is 14.0 Å². The summed E-state index contributed by atoms with van der Waals surface area (Å²) < 4.78 is 10.4. The minimum Gasteiger partial charge on any atom is -0.504 e. The number of nitrogen functional groups attached to an aromatic ring is 1. The molecule has 0 aliphatic rings. The van der Waals surface area contributed by atoms with E-state index in [1.54, 1.807) is 18.2 Å². The number of rotatable bonds is 1. The van der Waals surface area contributed by atoms with Gasteiger partial charge < -0.3 is 19.8 Å². The molecule has 5 nitrogen and oxygen atoms in total. The smallest absolute Gasteiger partial charge is 0.224 e. The molecule has 5 heteroatoms. The molecule has 0 spiro atoms. The molecule has 3 N–H and O–H groups in total. The van der Waals surface area contributed by atoms with Crippen molar-refractivity contribution in [1.29, 1.82) is 0 Å². The molecule has 1 aromatic carbocycles. The number of para-hydroxylation sites is 1. The van der Waals surface area contributed by atoms with Crippen LogP contribution in [-0.4, -0.2) is 10.3 Å². The van der Waals surface area contributed by atoms with Gasteiger partial charge in [0.15, 0.2) is 17.1 Å². The van der Waals surface area contributed by atoms with Gasteiger partial charge in [-0.25, -0.2) is 0 Å². The molecule has 0 unspecified atom stereocenters. The number of anilines is 1. The lowest BCUT2D eigenvalue weighted by atomic mass is 10.2. The van der Waals surface area contributed by atoms with E-state index in [-0.39, 0.29) is 5.75 Å². The third-order valence-corrected chi connectivity index (χ3v) is 2.35. The number of fused-ring (bicyclic) bond motifs is 1. The maximum absolute atomic E-state index is 9.58. The molecule has 2 heterocycles. The van der Waals surface area contributed by atoms with Gasteiger partial charge in [0.1, 0.15) is 5.69 Å². The second kappa shape index (κ2) is 3.03. The summed E-state index contributed by atoms with van der Waals surface area (Å²) in [6.45, 7) is 0. The number of hydrogen-bond donors (Lipinski definition) is 2. The molecular weight excluding hydrogens is 208 g/mol. The van der Waals surface area contributed by atoms with Crippen LogP contribution in [0.3, 0.4) is 0 Å². The van der Waals surface area contributed by atoms with Crippen LogP contribution in [0.25, 0.3) is 22.5 Å². The first-order valence-electron chi connectivity index (χ1n) is 4.68. The van der Waals surface area contributed by atoms with Crippen molar-refractivity contribution in [3.8, 4) is 17.3 Å². The Kier molecular flexibility index (Phi) is 1.67. The minimum atomic E-state index is 0.0850. The summed E-state index contributed by atoms with van der Waals surface area (Å²) in [4.78, 5) is 0. The first-order chi connectivity index (χ1) is 7.75. The van der Waals surface area contributed by atoms with Gasteiger partial charge in [-0.2, -0.15) is 0 Å². The van der Waals surface area contributed by atoms with E-state index < -0.39 is 0 Å². The van der Waals surface area contributed by atoms with E-state index in [0.717, 1.165) is 5.39 Å². The van der Waals surface area contributed by atoms with Crippen LogP contribution in [0.1, 0.15) is 0 Å². The molecule has 0 aliphatic heterocycles. The Morgan fingerprint density at radius 2 is 2.19 bits per heavy atom. The van der Waals surface area contributed by atoms with Crippen molar-refractivity contribution in [1.82, 2.24) is 5.16 Å². The second-order valence-electron chi connectivity index (χ2n) is 3.42. The van der Waals surface area contributed by atoms with Gasteiger partial charge in [-0.15, -0.1) is 0 Å². The Labute approximate surface area is 90.1 Å². The van der Waals surface area contributed by atoms with Crippen LogP contribution >= 0.6 is 0 Å². The zero-order chi connectivity index (χ0) is 11.1.